The molecule has 0 atom stereocenters. The van der Waals surface area contributed by atoms with Gasteiger partial charge in [0.1, 0.15) is 0 Å². The van der Waals surface area contributed by atoms with Gasteiger partial charge < -0.3 is 15.3 Å². The first-order valence-corrected chi connectivity index (χ1v) is 6.83. The lowest BCUT2D eigenvalue weighted by atomic mass is 9.85. The predicted octanol–water partition coefficient (Wildman–Crippen LogP) is 1.68. The third-order valence-corrected chi connectivity index (χ3v) is 4.26. The Morgan fingerprint density at radius 1 is 1.39 bits per heavy atom. The molecule has 0 saturated heterocycles. The first-order valence-electron chi connectivity index (χ1n) is 6.83. The maximum atomic E-state index is 12.0. The van der Waals surface area contributed by atoms with Gasteiger partial charge in [-0.3, -0.25) is 4.79 Å². The van der Waals surface area contributed by atoms with Crippen LogP contribution in [0.2, 0.25) is 0 Å². The zero-order valence-electron chi connectivity index (χ0n) is 10.9. The maximum Gasteiger partial charge on any atom is 0.317 e. The Hall–Kier alpha value is -1.26. The fourth-order valence-corrected chi connectivity index (χ4v) is 2.32. The second kappa shape index (κ2) is 5.16. The third-order valence-electron chi connectivity index (χ3n) is 4.26. The first-order chi connectivity index (χ1) is 8.57. The molecule has 2 amide bonds. The van der Waals surface area contributed by atoms with E-state index in [0.717, 1.165) is 6.54 Å². The number of hydrogen-bond donors (Lipinski definition) is 2. The van der Waals surface area contributed by atoms with E-state index in [0.29, 0.717) is 25.3 Å². The molecular formula is C13H22N2O3. The highest BCUT2D eigenvalue weighted by Gasteiger charge is 2.50. The number of carbonyl (C=O) groups excluding carboxylic acids is 1. The van der Waals surface area contributed by atoms with Gasteiger partial charge in [-0.25, -0.2) is 4.79 Å². The van der Waals surface area contributed by atoms with E-state index in [-0.39, 0.29) is 12.6 Å². The molecule has 2 aliphatic rings. The van der Waals surface area contributed by atoms with Crippen LogP contribution < -0.4 is 5.32 Å². The van der Waals surface area contributed by atoms with Crippen molar-refractivity contribution in [1.82, 2.24) is 10.2 Å². The van der Waals surface area contributed by atoms with Crippen molar-refractivity contribution in [3.63, 3.8) is 0 Å². The lowest BCUT2D eigenvalue weighted by Gasteiger charge is -2.32. The Morgan fingerprint density at radius 3 is 2.44 bits per heavy atom. The molecule has 0 bridgehead atoms. The number of carboxylic acid groups (broad SMARTS) is 1. The average molecular weight is 254 g/mol. The predicted molar refractivity (Wildman–Crippen MR) is 67.3 cm³/mol. The summed E-state index contributed by atoms with van der Waals surface area (Å²) >= 11 is 0. The maximum absolute atomic E-state index is 12.0. The van der Waals surface area contributed by atoms with Crippen LogP contribution in [0.5, 0.6) is 0 Å². The van der Waals surface area contributed by atoms with Gasteiger partial charge in [0.2, 0.25) is 0 Å². The molecule has 5 heteroatoms. The normalized spacial score (nSPS) is 20.9. The summed E-state index contributed by atoms with van der Waals surface area (Å²) in [6.07, 6.45) is 5.05. The van der Waals surface area contributed by atoms with Gasteiger partial charge in [0.25, 0.3) is 0 Å². The van der Waals surface area contributed by atoms with Crippen LogP contribution in [0, 0.1) is 11.3 Å². The first kappa shape index (κ1) is 13.2. The average Bonchev–Trinajstić information content (AvgIpc) is 3.06. The summed E-state index contributed by atoms with van der Waals surface area (Å²) in [5.74, 6) is -0.144. The molecule has 2 aliphatic carbocycles. The highest BCUT2D eigenvalue weighted by atomic mass is 16.4. The quantitative estimate of drug-likeness (QED) is 0.757. The van der Waals surface area contributed by atoms with Crippen LogP contribution in [0.4, 0.5) is 4.79 Å². The number of rotatable bonds is 6. The number of aliphatic carboxylic acids is 1. The monoisotopic (exact) mass is 254 g/mol. The van der Waals surface area contributed by atoms with Gasteiger partial charge in [-0.2, -0.15) is 0 Å². The van der Waals surface area contributed by atoms with Gasteiger partial charge in [0, 0.05) is 19.6 Å². The van der Waals surface area contributed by atoms with E-state index in [4.69, 9.17) is 5.11 Å². The van der Waals surface area contributed by atoms with Crippen molar-refractivity contribution in [3.8, 4) is 0 Å². The van der Waals surface area contributed by atoms with Gasteiger partial charge in [0.05, 0.1) is 5.41 Å². The van der Waals surface area contributed by atoms with Crippen molar-refractivity contribution in [2.24, 2.45) is 11.3 Å². The van der Waals surface area contributed by atoms with E-state index in [9.17, 15) is 9.59 Å². The molecule has 2 saturated carbocycles. The fourth-order valence-electron chi connectivity index (χ4n) is 2.32. The Balaban J connectivity index is 1.76. The molecule has 0 aromatic heterocycles. The van der Waals surface area contributed by atoms with Crippen LogP contribution in [-0.2, 0) is 4.79 Å². The molecular weight excluding hydrogens is 232 g/mol. The van der Waals surface area contributed by atoms with Crippen LogP contribution in [-0.4, -0.2) is 41.6 Å². The van der Waals surface area contributed by atoms with Gasteiger partial charge in [0.15, 0.2) is 0 Å². The second-order valence-corrected chi connectivity index (χ2v) is 5.58. The van der Waals surface area contributed by atoms with E-state index in [1.165, 1.54) is 19.3 Å². The molecule has 0 unspecified atom stereocenters. The number of nitrogens with zero attached hydrogens (tertiary/aromatic N) is 1. The van der Waals surface area contributed by atoms with E-state index < -0.39 is 11.4 Å². The van der Waals surface area contributed by atoms with Gasteiger partial charge in [-0.05, 0) is 38.5 Å². The number of hydrogen-bond acceptors (Lipinski definition) is 2. The Bertz CT molecular complexity index is 335. The zero-order chi connectivity index (χ0) is 13.2. The van der Waals surface area contributed by atoms with Gasteiger partial charge >= 0.3 is 12.0 Å². The number of amides is 2. The topological polar surface area (TPSA) is 69.6 Å². The minimum absolute atomic E-state index is 0.114. The van der Waals surface area contributed by atoms with Crippen molar-refractivity contribution in [2.45, 2.75) is 39.0 Å². The lowest BCUT2D eigenvalue weighted by Crippen LogP contribution is -2.46. The summed E-state index contributed by atoms with van der Waals surface area (Å²) < 4.78 is 0. The number of carboxylic acids is 1. The van der Waals surface area contributed by atoms with Crippen molar-refractivity contribution >= 4 is 12.0 Å². The van der Waals surface area contributed by atoms with Crippen LogP contribution in [0.25, 0.3) is 0 Å². The summed E-state index contributed by atoms with van der Waals surface area (Å²) in [5.41, 5.74) is -0.675. The van der Waals surface area contributed by atoms with Crippen molar-refractivity contribution in [3.05, 3.63) is 0 Å². The van der Waals surface area contributed by atoms with Crippen molar-refractivity contribution in [2.75, 3.05) is 19.6 Å². The molecule has 0 radical (unpaired) electrons. The molecule has 0 aromatic carbocycles. The Kier molecular flexibility index (Phi) is 3.78. The molecule has 0 heterocycles. The largest absolute Gasteiger partial charge is 0.481 e. The van der Waals surface area contributed by atoms with Crippen LogP contribution in [0.15, 0.2) is 0 Å². The minimum Gasteiger partial charge on any atom is -0.481 e. The number of carbonyl (C=O) groups is 2. The third kappa shape index (κ3) is 2.76. The van der Waals surface area contributed by atoms with E-state index in [1.54, 1.807) is 4.90 Å². The van der Waals surface area contributed by atoms with Gasteiger partial charge in [-0.1, -0.05) is 6.42 Å². The van der Waals surface area contributed by atoms with E-state index in [1.807, 2.05) is 6.92 Å². The molecule has 5 nitrogen and oxygen atoms in total. The molecule has 18 heavy (non-hydrogen) atoms. The number of nitrogens with one attached hydrogen (secondary N) is 1. The van der Waals surface area contributed by atoms with Crippen LogP contribution >= 0.6 is 0 Å². The summed E-state index contributed by atoms with van der Waals surface area (Å²) in [5, 5.41) is 11.8. The molecule has 0 aromatic rings. The fraction of sp³-hybridized carbons (Fsp3) is 0.846. The molecule has 2 rings (SSSR count). The zero-order valence-corrected chi connectivity index (χ0v) is 10.9. The van der Waals surface area contributed by atoms with E-state index in [2.05, 4.69) is 5.32 Å². The standard InChI is InChI=1S/C13H22N2O3/c1-2-15(8-10-4-3-5-10)12(18)14-9-13(6-7-13)11(16)17/h10H,2-9H2,1H3,(H,14,18)(H,16,17). The molecule has 0 aliphatic heterocycles. The van der Waals surface area contributed by atoms with Crippen molar-refractivity contribution in [1.29, 1.82) is 0 Å². The second-order valence-electron chi connectivity index (χ2n) is 5.58. The minimum atomic E-state index is -0.787. The molecule has 2 N–H and O–H groups in total. The molecule has 0 spiro atoms. The summed E-state index contributed by atoms with van der Waals surface area (Å²) in [6.45, 7) is 3.72. The Morgan fingerprint density at radius 2 is 2.06 bits per heavy atom. The van der Waals surface area contributed by atoms with E-state index >= 15 is 0 Å². The highest BCUT2D eigenvalue weighted by Crippen LogP contribution is 2.45. The number of urea groups is 1. The smallest absolute Gasteiger partial charge is 0.317 e. The van der Waals surface area contributed by atoms with Crippen molar-refractivity contribution < 1.29 is 14.7 Å². The highest BCUT2D eigenvalue weighted by molar-refractivity contribution is 5.80. The van der Waals surface area contributed by atoms with Crippen LogP contribution in [0.1, 0.15) is 39.0 Å². The lowest BCUT2D eigenvalue weighted by molar-refractivity contribution is -0.143. The SMILES string of the molecule is CCN(CC1CCC1)C(=O)NCC1(C(=O)O)CC1. The molecule has 2 fully saturated rings. The summed E-state index contributed by atoms with van der Waals surface area (Å²) in [7, 11) is 0. The Labute approximate surface area is 108 Å². The summed E-state index contributed by atoms with van der Waals surface area (Å²) in [6, 6.07) is -0.114. The van der Waals surface area contributed by atoms with Crippen LogP contribution in [0.3, 0.4) is 0 Å². The summed E-state index contributed by atoms with van der Waals surface area (Å²) in [4.78, 5) is 24.8. The van der Waals surface area contributed by atoms with Gasteiger partial charge in [-0.15, -0.1) is 0 Å². The molecule has 102 valence electrons.